The summed E-state index contributed by atoms with van der Waals surface area (Å²) in [5.74, 6) is 0. The lowest BCUT2D eigenvalue weighted by Crippen LogP contribution is -2.40. The molecule has 0 spiro atoms. The summed E-state index contributed by atoms with van der Waals surface area (Å²) in [4.78, 5) is 14.2. The maximum absolute atomic E-state index is 11.8. The molecule has 0 fully saturated rings. The highest BCUT2D eigenvalue weighted by atomic mass is 16.2. The van der Waals surface area contributed by atoms with Gasteiger partial charge in [-0.2, -0.15) is 0 Å². The number of carbonyl (C=O) groups excluding carboxylic acids is 1. The van der Waals surface area contributed by atoms with E-state index in [1.807, 2.05) is 30.3 Å². The first-order valence-corrected chi connectivity index (χ1v) is 7.96. The number of urea groups is 1. The molecule has 1 aromatic carbocycles. The Labute approximate surface area is 128 Å². The van der Waals surface area contributed by atoms with E-state index in [4.69, 9.17) is 0 Å². The highest BCUT2D eigenvalue weighted by molar-refractivity contribution is 5.74. The van der Waals surface area contributed by atoms with Crippen LogP contribution in [0.3, 0.4) is 0 Å². The zero-order valence-electron chi connectivity index (χ0n) is 13.6. The van der Waals surface area contributed by atoms with E-state index < -0.39 is 0 Å². The molecule has 0 saturated carbocycles. The van der Waals surface area contributed by atoms with Gasteiger partial charge in [0, 0.05) is 12.6 Å². The van der Waals surface area contributed by atoms with Crippen molar-refractivity contribution in [3.63, 3.8) is 0 Å². The van der Waals surface area contributed by atoms with Gasteiger partial charge in [-0.1, -0.05) is 44.2 Å². The smallest absolute Gasteiger partial charge is 0.315 e. The van der Waals surface area contributed by atoms with Crippen molar-refractivity contribution in [1.29, 1.82) is 0 Å². The lowest BCUT2D eigenvalue weighted by atomic mass is 10.2. The molecular weight excluding hydrogens is 262 g/mol. The fraction of sp³-hybridized carbons (Fsp3) is 0.588. The summed E-state index contributed by atoms with van der Waals surface area (Å²) in [6, 6.07) is 10.1. The van der Waals surface area contributed by atoms with Crippen LogP contribution in [0.15, 0.2) is 30.3 Å². The molecule has 2 amide bonds. The normalized spacial score (nSPS) is 12.2. The van der Waals surface area contributed by atoms with Crippen molar-refractivity contribution >= 4 is 6.03 Å². The summed E-state index contributed by atoms with van der Waals surface area (Å²) < 4.78 is 0. The van der Waals surface area contributed by atoms with Gasteiger partial charge in [-0.05, 0) is 45.0 Å². The van der Waals surface area contributed by atoms with Crippen LogP contribution in [0.2, 0.25) is 0 Å². The van der Waals surface area contributed by atoms with Crippen LogP contribution in [0.5, 0.6) is 0 Å². The molecule has 1 rings (SSSR count). The Balaban J connectivity index is 2.15. The molecule has 0 aliphatic rings. The van der Waals surface area contributed by atoms with Gasteiger partial charge in [-0.3, -0.25) is 0 Å². The molecule has 0 bridgehead atoms. The fourth-order valence-electron chi connectivity index (χ4n) is 2.29. The topological polar surface area (TPSA) is 44.4 Å². The van der Waals surface area contributed by atoms with Gasteiger partial charge in [0.2, 0.25) is 0 Å². The Kier molecular flexibility index (Phi) is 8.51. The molecule has 1 atom stereocenters. The molecule has 0 heterocycles. The molecule has 21 heavy (non-hydrogen) atoms. The summed E-state index contributed by atoms with van der Waals surface area (Å²) in [5.41, 5.74) is 1.11. The summed E-state index contributed by atoms with van der Waals surface area (Å²) in [5, 5.41) is 5.88. The van der Waals surface area contributed by atoms with Gasteiger partial charge >= 0.3 is 6.03 Å². The molecule has 0 aromatic heterocycles. The van der Waals surface area contributed by atoms with Crippen LogP contribution in [0, 0.1) is 0 Å². The number of carbonyl (C=O) groups is 1. The van der Waals surface area contributed by atoms with Gasteiger partial charge in [-0.15, -0.1) is 0 Å². The predicted molar refractivity (Wildman–Crippen MR) is 88.3 cm³/mol. The number of nitrogens with one attached hydrogen (secondary N) is 2. The standard InChI is InChI=1S/C17H29N3O/c1-4-20(5-2)13-9-10-15(3)19-17(21)18-14-16-11-7-6-8-12-16/h6-8,11-12,15H,4-5,9-10,13-14H2,1-3H3,(H2,18,19,21). The van der Waals surface area contributed by atoms with Gasteiger partial charge in [0.25, 0.3) is 0 Å². The van der Waals surface area contributed by atoms with Crippen LogP contribution < -0.4 is 10.6 Å². The summed E-state index contributed by atoms with van der Waals surface area (Å²) >= 11 is 0. The minimum atomic E-state index is -0.0887. The summed E-state index contributed by atoms with van der Waals surface area (Å²) in [6.45, 7) is 10.3. The van der Waals surface area contributed by atoms with E-state index in [2.05, 4.69) is 36.3 Å². The zero-order chi connectivity index (χ0) is 15.5. The quantitative estimate of drug-likeness (QED) is 0.734. The van der Waals surface area contributed by atoms with Crippen molar-refractivity contribution in [3.8, 4) is 0 Å². The maximum Gasteiger partial charge on any atom is 0.315 e. The third kappa shape index (κ3) is 7.71. The average molecular weight is 291 g/mol. The van der Waals surface area contributed by atoms with E-state index in [1.165, 1.54) is 0 Å². The molecule has 0 aliphatic carbocycles. The van der Waals surface area contributed by atoms with Gasteiger partial charge < -0.3 is 15.5 Å². The molecule has 4 nitrogen and oxygen atoms in total. The first kappa shape index (κ1) is 17.5. The second-order valence-corrected chi connectivity index (χ2v) is 5.38. The minimum Gasteiger partial charge on any atom is -0.336 e. The predicted octanol–water partition coefficient (Wildman–Crippen LogP) is 3.00. The van der Waals surface area contributed by atoms with Crippen molar-refractivity contribution in [2.45, 2.75) is 46.2 Å². The number of hydrogen-bond acceptors (Lipinski definition) is 2. The largest absolute Gasteiger partial charge is 0.336 e. The maximum atomic E-state index is 11.8. The van der Waals surface area contributed by atoms with Crippen molar-refractivity contribution in [1.82, 2.24) is 15.5 Å². The molecular formula is C17H29N3O. The third-order valence-corrected chi connectivity index (χ3v) is 3.68. The third-order valence-electron chi connectivity index (χ3n) is 3.68. The molecule has 0 aliphatic heterocycles. The van der Waals surface area contributed by atoms with Crippen LogP contribution in [0.1, 0.15) is 39.2 Å². The Morgan fingerprint density at radius 2 is 1.86 bits per heavy atom. The molecule has 118 valence electrons. The Morgan fingerprint density at radius 3 is 2.48 bits per heavy atom. The van der Waals surface area contributed by atoms with E-state index in [0.29, 0.717) is 6.54 Å². The van der Waals surface area contributed by atoms with Crippen molar-refractivity contribution in [2.75, 3.05) is 19.6 Å². The lowest BCUT2D eigenvalue weighted by Gasteiger charge is -2.20. The molecule has 2 N–H and O–H groups in total. The van der Waals surface area contributed by atoms with E-state index in [0.717, 1.165) is 38.0 Å². The molecule has 0 saturated heterocycles. The highest BCUT2D eigenvalue weighted by Gasteiger charge is 2.07. The molecule has 4 heteroatoms. The first-order chi connectivity index (χ1) is 10.2. The minimum absolute atomic E-state index is 0.0887. The van der Waals surface area contributed by atoms with Crippen molar-refractivity contribution < 1.29 is 4.79 Å². The van der Waals surface area contributed by atoms with Gasteiger partial charge in [0.05, 0.1) is 0 Å². The Hall–Kier alpha value is -1.55. The second-order valence-electron chi connectivity index (χ2n) is 5.38. The molecule has 0 radical (unpaired) electrons. The second kappa shape index (κ2) is 10.2. The average Bonchev–Trinajstić information content (AvgIpc) is 2.50. The van der Waals surface area contributed by atoms with E-state index in [1.54, 1.807) is 0 Å². The van der Waals surface area contributed by atoms with Crippen LogP contribution in [-0.2, 0) is 6.54 Å². The zero-order valence-corrected chi connectivity index (χ0v) is 13.6. The van der Waals surface area contributed by atoms with Crippen LogP contribution in [0.25, 0.3) is 0 Å². The van der Waals surface area contributed by atoms with Gasteiger partial charge in [0.15, 0.2) is 0 Å². The number of benzene rings is 1. The number of amides is 2. The number of nitrogens with zero attached hydrogens (tertiary/aromatic N) is 1. The van der Waals surface area contributed by atoms with Crippen molar-refractivity contribution in [3.05, 3.63) is 35.9 Å². The van der Waals surface area contributed by atoms with E-state index in [-0.39, 0.29) is 12.1 Å². The Morgan fingerprint density at radius 1 is 1.19 bits per heavy atom. The lowest BCUT2D eigenvalue weighted by molar-refractivity contribution is 0.235. The summed E-state index contributed by atoms with van der Waals surface area (Å²) in [6.07, 6.45) is 2.12. The first-order valence-electron chi connectivity index (χ1n) is 7.96. The monoisotopic (exact) mass is 291 g/mol. The highest BCUT2D eigenvalue weighted by Crippen LogP contribution is 2.00. The molecule has 1 unspecified atom stereocenters. The van der Waals surface area contributed by atoms with Gasteiger partial charge in [-0.25, -0.2) is 4.79 Å². The molecule has 1 aromatic rings. The summed E-state index contributed by atoms with van der Waals surface area (Å²) in [7, 11) is 0. The van der Waals surface area contributed by atoms with Crippen LogP contribution in [-0.4, -0.2) is 36.6 Å². The van der Waals surface area contributed by atoms with Crippen LogP contribution >= 0.6 is 0 Å². The number of hydrogen-bond donors (Lipinski definition) is 2. The number of rotatable bonds is 9. The SMILES string of the molecule is CCN(CC)CCCC(C)NC(=O)NCc1ccccc1. The van der Waals surface area contributed by atoms with E-state index >= 15 is 0 Å². The fourth-order valence-corrected chi connectivity index (χ4v) is 2.29. The Bertz CT molecular complexity index is 390. The van der Waals surface area contributed by atoms with Crippen molar-refractivity contribution in [2.24, 2.45) is 0 Å². The van der Waals surface area contributed by atoms with Gasteiger partial charge in [0.1, 0.15) is 0 Å². The van der Waals surface area contributed by atoms with Crippen LogP contribution in [0.4, 0.5) is 4.79 Å². The van der Waals surface area contributed by atoms with E-state index in [9.17, 15) is 4.79 Å².